The fraction of sp³-hybridized carbons (Fsp3) is 0.143. The Morgan fingerprint density at radius 2 is 2.03 bits per heavy atom. The highest BCUT2D eigenvalue weighted by Crippen LogP contribution is 2.22. The van der Waals surface area contributed by atoms with E-state index < -0.39 is 5.97 Å². The first-order chi connectivity index (χ1) is 14.1. The van der Waals surface area contributed by atoms with Crippen LogP contribution in [0.25, 0.3) is 22.5 Å². The average Bonchev–Trinajstić information content (AvgIpc) is 3.47. The molecular weight excluding hydrogens is 388 g/mol. The van der Waals surface area contributed by atoms with Crippen molar-refractivity contribution in [2.45, 2.75) is 20.5 Å². The van der Waals surface area contributed by atoms with E-state index in [1.807, 2.05) is 66.4 Å². The van der Waals surface area contributed by atoms with E-state index in [1.165, 1.54) is 17.4 Å². The second-order valence-corrected chi connectivity index (χ2v) is 7.21. The van der Waals surface area contributed by atoms with Gasteiger partial charge in [0.1, 0.15) is 0 Å². The molecule has 0 aliphatic rings. The van der Waals surface area contributed by atoms with Crippen LogP contribution in [0.1, 0.15) is 22.8 Å². The van der Waals surface area contributed by atoms with Crippen LogP contribution in [0.2, 0.25) is 0 Å². The first-order valence-corrected chi connectivity index (χ1v) is 9.83. The quantitative estimate of drug-likeness (QED) is 0.350. The summed E-state index contributed by atoms with van der Waals surface area (Å²) in [6, 6.07) is 13.6. The summed E-state index contributed by atoms with van der Waals surface area (Å²) < 4.78 is 12.2. The lowest BCUT2D eigenvalue weighted by atomic mass is 10.2. The molecule has 0 N–H and O–H groups in total. The largest absolute Gasteiger partial charge is 0.452 e. The molecule has 3 aromatic heterocycles. The highest BCUT2D eigenvalue weighted by molar-refractivity contribution is 7.13. The van der Waals surface area contributed by atoms with Crippen LogP contribution in [-0.4, -0.2) is 25.9 Å². The van der Waals surface area contributed by atoms with Crippen LogP contribution in [0.3, 0.4) is 0 Å². The molecule has 0 atom stereocenters. The van der Waals surface area contributed by atoms with Crippen LogP contribution < -0.4 is 0 Å². The van der Waals surface area contributed by atoms with Crippen LogP contribution in [-0.2, 0) is 16.1 Å². The van der Waals surface area contributed by atoms with Gasteiger partial charge in [-0.1, -0.05) is 29.4 Å². The molecule has 0 radical (unpaired) electrons. The second-order valence-electron chi connectivity index (χ2n) is 6.26. The second kappa shape index (κ2) is 8.24. The lowest BCUT2D eigenvalue weighted by Gasteiger charge is -2.03. The van der Waals surface area contributed by atoms with E-state index in [9.17, 15) is 4.79 Å². The molecule has 0 aliphatic carbocycles. The maximum absolute atomic E-state index is 12.1. The number of para-hydroxylation sites is 1. The number of carbonyl (C=O) groups excluding carboxylic acids is 1. The Morgan fingerprint density at radius 3 is 2.79 bits per heavy atom. The van der Waals surface area contributed by atoms with Crippen molar-refractivity contribution in [3.63, 3.8) is 0 Å². The number of ether oxygens (including phenoxy) is 1. The third-order valence-corrected chi connectivity index (χ3v) is 5.15. The molecule has 29 heavy (non-hydrogen) atoms. The molecule has 1 aromatic carbocycles. The van der Waals surface area contributed by atoms with Gasteiger partial charge in [-0.3, -0.25) is 0 Å². The van der Waals surface area contributed by atoms with E-state index in [1.54, 1.807) is 6.08 Å². The van der Waals surface area contributed by atoms with Gasteiger partial charge in [-0.2, -0.15) is 10.1 Å². The van der Waals surface area contributed by atoms with Gasteiger partial charge in [-0.15, -0.1) is 11.3 Å². The summed E-state index contributed by atoms with van der Waals surface area (Å²) in [7, 11) is 0. The topological polar surface area (TPSA) is 83.0 Å². The Bertz CT molecular complexity index is 1140. The predicted molar refractivity (Wildman–Crippen MR) is 109 cm³/mol. The standard InChI is InChI=1S/C21H18N4O3S/c1-14-17(15(2)25(23-14)16-7-4-3-5-8-16)10-11-20(26)27-13-19-22-21(24-28-19)18-9-6-12-29-18/h3-12H,13H2,1-2H3/b11-10+. The molecule has 0 spiro atoms. The van der Waals surface area contributed by atoms with Crippen molar-refractivity contribution in [3.8, 4) is 16.4 Å². The Hall–Kier alpha value is -3.52. The van der Waals surface area contributed by atoms with Crippen LogP contribution >= 0.6 is 11.3 Å². The number of aromatic nitrogens is 4. The fourth-order valence-corrected chi connectivity index (χ4v) is 3.52. The van der Waals surface area contributed by atoms with Crippen molar-refractivity contribution in [1.29, 1.82) is 0 Å². The summed E-state index contributed by atoms with van der Waals surface area (Å²) in [5.74, 6) is 0.243. The van der Waals surface area contributed by atoms with Crippen LogP contribution in [0.5, 0.6) is 0 Å². The minimum Gasteiger partial charge on any atom is -0.452 e. The summed E-state index contributed by atoms with van der Waals surface area (Å²) in [5, 5.41) is 10.4. The van der Waals surface area contributed by atoms with Gasteiger partial charge in [0, 0.05) is 17.3 Å². The lowest BCUT2D eigenvalue weighted by molar-refractivity contribution is -0.139. The molecular formula is C21H18N4O3S. The van der Waals surface area contributed by atoms with Gasteiger partial charge < -0.3 is 9.26 Å². The van der Waals surface area contributed by atoms with Crippen LogP contribution in [0.4, 0.5) is 0 Å². The van der Waals surface area contributed by atoms with Crippen LogP contribution in [0.15, 0.2) is 58.4 Å². The molecule has 0 aliphatic heterocycles. The number of hydrogen-bond donors (Lipinski definition) is 0. The molecule has 3 heterocycles. The smallest absolute Gasteiger partial charge is 0.331 e. The molecule has 0 unspecified atom stereocenters. The Labute approximate surface area is 171 Å². The summed E-state index contributed by atoms with van der Waals surface area (Å²) in [4.78, 5) is 17.2. The van der Waals surface area contributed by atoms with Gasteiger partial charge >= 0.3 is 5.97 Å². The first-order valence-electron chi connectivity index (χ1n) is 8.95. The number of hydrogen-bond acceptors (Lipinski definition) is 7. The molecule has 8 heteroatoms. The highest BCUT2D eigenvalue weighted by atomic mass is 32.1. The van der Waals surface area contributed by atoms with E-state index in [2.05, 4.69) is 15.2 Å². The molecule has 7 nitrogen and oxygen atoms in total. The lowest BCUT2D eigenvalue weighted by Crippen LogP contribution is -2.01. The molecule has 0 saturated heterocycles. The number of rotatable bonds is 6. The molecule has 0 bridgehead atoms. The maximum Gasteiger partial charge on any atom is 0.331 e. The number of nitrogens with zero attached hydrogens (tertiary/aromatic N) is 4. The van der Waals surface area contributed by atoms with E-state index in [0.717, 1.165) is 27.5 Å². The minimum absolute atomic E-state index is 0.0806. The van der Waals surface area contributed by atoms with Crippen molar-refractivity contribution in [3.05, 3.63) is 76.8 Å². The van der Waals surface area contributed by atoms with Crippen LogP contribution in [0, 0.1) is 13.8 Å². The van der Waals surface area contributed by atoms with E-state index in [-0.39, 0.29) is 12.5 Å². The highest BCUT2D eigenvalue weighted by Gasteiger charge is 2.13. The minimum atomic E-state index is -0.493. The maximum atomic E-state index is 12.1. The van der Waals surface area contributed by atoms with Gasteiger partial charge in [0.25, 0.3) is 5.89 Å². The third-order valence-electron chi connectivity index (χ3n) is 4.28. The van der Waals surface area contributed by atoms with Crippen molar-refractivity contribution in [2.75, 3.05) is 0 Å². The van der Waals surface area contributed by atoms with Gasteiger partial charge in [0.2, 0.25) is 5.82 Å². The normalized spacial score (nSPS) is 11.2. The molecule has 146 valence electrons. The zero-order valence-corrected chi connectivity index (χ0v) is 16.7. The fourth-order valence-electron chi connectivity index (χ4n) is 2.87. The monoisotopic (exact) mass is 406 g/mol. The summed E-state index contributed by atoms with van der Waals surface area (Å²) in [5.41, 5.74) is 3.61. The third kappa shape index (κ3) is 4.17. The van der Waals surface area contributed by atoms with Gasteiger partial charge in [0.05, 0.1) is 16.3 Å². The van der Waals surface area contributed by atoms with Crippen molar-refractivity contribution < 1.29 is 14.1 Å². The molecule has 0 amide bonds. The Kier molecular flexibility index (Phi) is 5.35. The number of aryl methyl sites for hydroxylation is 1. The number of esters is 1. The Balaban J connectivity index is 1.41. The van der Waals surface area contributed by atoms with E-state index >= 15 is 0 Å². The summed E-state index contributed by atoms with van der Waals surface area (Å²) in [6.07, 6.45) is 3.09. The first kappa shape index (κ1) is 18.8. The van der Waals surface area contributed by atoms with Gasteiger partial charge in [-0.25, -0.2) is 9.48 Å². The average molecular weight is 406 g/mol. The van der Waals surface area contributed by atoms with Crippen molar-refractivity contribution in [1.82, 2.24) is 19.9 Å². The molecule has 0 fully saturated rings. The van der Waals surface area contributed by atoms with Gasteiger partial charge in [-0.05, 0) is 43.5 Å². The number of carbonyl (C=O) groups is 1. The summed E-state index contributed by atoms with van der Waals surface area (Å²) >= 11 is 1.51. The van der Waals surface area contributed by atoms with E-state index in [0.29, 0.717) is 5.82 Å². The molecule has 0 saturated carbocycles. The number of thiophene rings is 1. The zero-order valence-electron chi connectivity index (χ0n) is 15.9. The predicted octanol–water partition coefficient (Wildman–Crippen LogP) is 4.36. The number of benzene rings is 1. The zero-order chi connectivity index (χ0) is 20.2. The van der Waals surface area contributed by atoms with Crippen molar-refractivity contribution in [2.24, 2.45) is 0 Å². The summed E-state index contributed by atoms with van der Waals surface area (Å²) in [6.45, 7) is 3.79. The Morgan fingerprint density at radius 1 is 1.21 bits per heavy atom. The molecule has 4 rings (SSSR count). The van der Waals surface area contributed by atoms with Crippen molar-refractivity contribution >= 4 is 23.4 Å². The van der Waals surface area contributed by atoms with E-state index in [4.69, 9.17) is 9.26 Å². The SMILES string of the molecule is Cc1nn(-c2ccccc2)c(C)c1/C=C/C(=O)OCc1nc(-c2cccs2)no1. The molecule has 4 aromatic rings. The van der Waals surface area contributed by atoms with Gasteiger partial charge in [0.15, 0.2) is 6.61 Å².